The number of nitrogens with zero attached hydrogens (tertiary/aromatic N) is 1. The van der Waals surface area contributed by atoms with Crippen molar-refractivity contribution in [3.63, 3.8) is 0 Å². The first-order chi connectivity index (χ1) is 11.1. The Bertz CT molecular complexity index is 797. The lowest BCUT2D eigenvalue weighted by atomic mass is 10.1. The van der Waals surface area contributed by atoms with Gasteiger partial charge >= 0.3 is 5.97 Å². The quantitative estimate of drug-likeness (QED) is 0.615. The van der Waals surface area contributed by atoms with Crippen LogP contribution in [0.2, 0.25) is 5.02 Å². The maximum absolute atomic E-state index is 12.9. The molecule has 116 valence electrons. The Morgan fingerprint density at radius 2 is 1.83 bits per heavy atom. The minimum Gasteiger partial charge on any atom is -0.407 e. The molecule has 1 heterocycles. The van der Waals surface area contributed by atoms with Gasteiger partial charge < -0.3 is 4.74 Å². The van der Waals surface area contributed by atoms with Crippen molar-refractivity contribution in [3.8, 4) is 0 Å². The Labute approximate surface area is 138 Å². The summed E-state index contributed by atoms with van der Waals surface area (Å²) in [4.78, 5) is 16.1. The van der Waals surface area contributed by atoms with E-state index in [4.69, 9.17) is 16.3 Å². The van der Waals surface area contributed by atoms with Crippen molar-refractivity contribution in [2.45, 2.75) is 12.8 Å². The van der Waals surface area contributed by atoms with E-state index in [1.807, 2.05) is 12.1 Å². The Hall–Kier alpha value is -2.46. The van der Waals surface area contributed by atoms with E-state index in [0.717, 1.165) is 5.56 Å². The first kappa shape index (κ1) is 15.4. The van der Waals surface area contributed by atoms with Crippen molar-refractivity contribution in [3.05, 3.63) is 76.2 Å². The molecule has 0 unspecified atom stereocenters. The molecule has 0 aromatic heterocycles. The Morgan fingerprint density at radius 1 is 1.09 bits per heavy atom. The highest BCUT2D eigenvalue weighted by Crippen LogP contribution is 2.22. The Kier molecular flexibility index (Phi) is 4.53. The number of esters is 1. The molecule has 0 saturated carbocycles. The fourth-order valence-corrected chi connectivity index (χ4v) is 2.39. The van der Waals surface area contributed by atoms with Crippen LogP contribution >= 0.6 is 11.6 Å². The molecule has 0 bridgehead atoms. The third-order valence-electron chi connectivity index (χ3n) is 3.40. The third kappa shape index (κ3) is 3.85. The van der Waals surface area contributed by atoms with Gasteiger partial charge in [-0.05, 0) is 41.8 Å². The van der Waals surface area contributed by atoms with Gasteiger partial charge in [-0.1, -0.05) is 41.9 Å². The van der Waals surface area contributed by atoms with Crippen LogP contribution in [0.25, 0.3) is 6.08 Å². The average Bonchev–Trinajstić information content (AvgIpc) is 2.89. The smallest absolute Gasteiger partial charge is 0.363 e. The van der Waals surface area contributed by atoms with E-state index in [9.17, 15) is 9.18 Å². The normalized spacial score (nSPS) is 15.7. The molecule has 3 nitrogen and oxygen atoms in total. The molecule has 0 spiro atoms. The molecule has 2 aromatic carbocycles. The second-order valence-electron chi connectivity index (χ2n) is 5.07. The molecular formula is C18H13ClFNO2. The van der Waals surface area contributed by atoms with Crippen LogP contribution in [0.4, 0.5) is 4.39 Å². The zero-order chi connectivity index (χ0) is 16.2. The van der Waals surface area contributed by atoms with Gasteiger partial charge in [-0.3, -0.25) is 0 Å². The molecule has 1 aliphatic rings. The van der Waals surface area contributed by atoms with E-state index in [1.165, 1.54) is 12.1 Å². The summed E-state index contributed by atoms with van der Waals surface area (Å²) in [5.41, 5.74) is 1.89. The molecule has 0 fully saturated rings. The van der Waals surface area contributed by atoms with Crippen molar-refractivity contribution in [2.75, 3.05) is 0 Å². The van der Waals surface area contributed by atoms with Gasteiger partial charge in [0.1, 0.15) is 5.82 Å². The third-order valence-corrected chi connectivity index (χ3v) is 3.75. The van der Waals surface area contributed by atoms with Gasteiger partial charge in [0, 0.05) is 11.4 Å². The van der Waals surface area contributed by atoms with E-state index in [0.29, 0.717) is 29.3 Å². The SMILES string of the molecule is O=C1OC(CCc2ccc(F)cc2)=N/C1=C\c1ccccc1Cl. The second-order valence-corrected chi connectivity index (χ2v) is 5.48. The van der Waals surface area contributed by atoms with Gasteiger partial charge in [-0.25, -0.2) is 14.2 Å². The van der Waals surface area contributed by atoms with Crippen molar-refractivity contribution < 1.29 is 13.9 Å². The molecule has 0 atom stereocenters. The molecule has 0 saturated heterocycles. The molecule has 23 heavy (non-hydrogen) atoms. The monoisotopic (exact) mass is 329 g/mol. The standard InChI is InChI=1S/C18H13ClFNO2/c19-15-4-2-1-3-13(15)11-16-18(22)23-17(21-16)10-7-12-5-8-14(20)9-6-12/h1-6,8-9,11H,7,10H2/b16-11-. The Morgan fingerprint density at radius 3 is 2.57 bits per heavy atom. The van der Waals surface area contributed by atoms with Crippen LogP contribution in [0.1, 0.15) is 17.5 Å². The summed E-state index contributed by atoms with van der Waals surface area (Å²) < 4.78 is 18.0. The molecule has 0 aliphatic carbocycles. The largest absolute Gasteiger partial charge is 0.407 e. The Balaban J connectivity index is 1.71. The van der Waals surface area contributed by atoms with Crippen LogP contribution < -0.4 is 0 Å². The number of aliphatic imine (C=N–C) groups is 1. The summed E-state index contributed by atoms with van der Waals surface area (Å²) in [7, 11) is 0. The molecule has 1 aliphatic heterocycles. The number of carbonyl (C=O) groups excluding carboxylic acids is 1. The zero-order valence-corrected chi connectivity index (χ0v) is 12.9. The van der Waals surface area contributed by atoms with Gasteiger partial charge in [0.05, 0.1) is 0 Å². The fourth-order valence-electron chi connectivity index (χ4n) is 2.20. The fraction of sp³-hybridized carbons (Fsp3) is 0.111. The summed E-state index contributed by atoms with van der Waals surface area (Å²) in [5, 5.41) is 0.544. The van der Waals surface area contributed by atoms with E-state index in [1.54, 1.807) is 30.3 Å². The number of ether oxygens (including phenoxy) is 1. The van der Waals surface area contributed by atoms with Crippen molar-refractivity contribution in [1.82, 2.24) is 0 Å². The maximum Gasteiger partial charge on any atom is 0.363 e. The second kappa shape index (κ2) is 6.75. The maximum atomic E-state index is 12.9. The molecule has 2 aromatic rings. The van der Waals surface area contributed by atoms with Gasteiger partial charge in [0.25, 0.3) is 0 Å². The van der Waals surface area contributed by atoms with Crippen LogP contribution in [-0.2, 0) is 16.0 Å². The molecule has 0 radical (unpaired) electrons. The summed E-state index contributed by atoms with van der Waals surface area (Å²) in [6.07, 6.45) is 2.69. The van der Waals surface area contributed by atoms with Crippen molar-refractivity contribution in [1.29, 1.82) is 0 Å². The van der Waals surface area contributed by atoms with Crippen LogP contribution in [0.5, 0.6) is 0 Å². The van der Waals surface area contributed by atoms with Crippen molar-refractivity contribution >= 4 is 29.5 Å². The number of halogens is 2. The van der Waals surface area contributed by atoms with E-state index >= 15 is 0 Å². The molecule has 0 N–H and O–H groups in total. The number of carbonyl (C=O) groups is 1. The van der Waals surface area contributed by atoms with E-state index in [-0.39, 0.29) is 11.5 Å². The lowest BCUT2D eigenvalue weighted by molar-refractivity contribution is -0.130. The minimum absolute atomic E-state index is 0.229. The number of hydrogen-bond donors (Lipinski definition) is 0. The van der Waals surface area contributed by atoms with Gasteiger partial charge in [-0.15, -0.1) is 0 Å². The summed E-state index contributed by atoms with van der Waals surface area (Å²) in [6.45, 7) is 0. The van der Waals surface area contributed by atoms with Gasteiger partial charge in [0.15, 0.2) is 11.6 Å². The zero-order valence-electron chi connectivity index (χ0n) is 12.1. The predicted octanol–water partition coefficient (Wildman–Crippen LogP) is 4.41. The number of rotatable bonds is 4. The van der Waals surface area contributed by atoms with Crippen LogP contribution in [0, 0.1) is 5.82 Å². The lowest BCUT2D eigenvalue weighted by Gasteiger charge is -2.00. The molecule has 0 amide bonds. The highest BCUT2D eigenvalue weighted by molar-refractivity contribution is 6.32. The highest BCUT2D eigenvalue weighted by Gasteiger charge is 2.22. The molecule has 3 rings (SSSR count). The first-order valence-corrected chi connectivity index (χ1v) is 7.50. The van der Waals surface area contributed by atoms with Crippen molar-refractivity contribution in [2.24, 2.45) is 4.99 Å². The summed E-state index contributed by atoms with van der Waals surface area (Å²) in [5.74, 6) is -0.403. The predicted molar refractivity (Wildman–Crippen MR) is 87.7 cm³/mol. The van der Waals surface area contributed by atoms with Gasteiger partial charge in [-0.2, -0.15) is 0 Å². The highest BCUT2D eigenvalue weighted by atomic mass is 35.5. The first-order valence-electron chi connectivity index (χ1n) is 7.12. The lowest BCUT2D eigenvalue weighted by Crippen LogP contribution is -2.05. The number of cyclic esters (lactones) is 1. The number of hydrogen-bond acceptors (Lipinski definition) is 3. The van der Waals surface area contributed by atoms with Crippen LogP contribution in [0.3, 0.4) is 0 Å². The topological polar surface area (TPSA) is 38.7 Å². The van der Waals surface area contributed by atoms with Gasteiger partial charge in [0.2, 0.25) is 0 Å². The summed E-state index contributed by atoms with van der Waals surface area (Å²) in [6, 6.07) is 13.4. The van der Waals surface area contributed by atoms with E-state index < -0.39 is 5.97 Å². The summed E-state index contributed by atoms with van der Waals surface area (Å²) >= 11 is 6.06. The van der Waals surface area contributed by atoms with Crippen LogP contribution in [0.15, 0.2) is 59.2 Å². The minimum atomic E-state index is -0.487. The van der Waals surface area contributed by atoms with Crippen LogP contribution in [-0.4, -0.2) is 11.9 Å². The molecular weight excluding hydrogens is 317 g/mol. The van der Waals surface area contributed by atoms with E-state index in [2.05, 4.69) is 4.99 Å². The molecule has 5 heteroatoms. The number of benzene rings is 2. The number of aryl methyl sites for hydroxylation is 1. The average molecular weight is 330 g/mol.